The van der Waals surface area contributed by atoms with Crippen molar-refractivity contribution in [2.24, 2.45) is 0 Å². The Hall–Kier alpha value is -1.09. The Bertz CT molecular complexity index is 310. The van der Waals surface area contributed by atoms with Gasteiger partial charge in [0.1, 0.15) is 5.82 Å². The molecule has 0 saturated heterocycles. The zero-order chi connectivity index (χ0) is 10.7. The zero-order valence-electron chi connectivity index (χ0n) is 8.71. The van der Waals surface area contributed by atoms with Crippen LogP contribution in [0.5, 0.6) is 0 Å². The fourth-order valence-electron chi connectivity index (χ4n) is 1.29. The molecular weight excluding hydrogens is 181 g/mol. The second kappa shape index (κ2) is 4.42. The van der Waals surface area contributed by atoms with Crippen LogP contribution in [0.3, 0.4) is 0 Å². The van der Waals surface area contributed by atoms with Gasteiger partial charge in [-0.2, -0.15) is 0 Å². The maximum Gasteiger partial charge on any atom is 0.129 e. The van der Waals surface area contributed by atoms with Crippen molar-refractivity contribution < 1.29 is 9.50 Å². The van der Waals surface area contributed by atoms with Crippen molar-refractivity contribution in [1.82, 2.24) is 0 Å². The minimum atomic E-state index is -0.774. The zero-order valence-corrected chi connectivity index (χ0v) is 8.71. The Morgan fingerprint density at radius 2 is 1.93 bits per heavy atom. The molecule has 2 N–H and O–H groups in total. The number of aliphatic hydroxyl groups excluding tert-OH is 1. The van der Waals surface area contributed by atoms with E-state index in [1.165, 1.54) is 6.07 Å². The van der Waals surface area contributed by atoms with Gasteiger partial charge in [-0.3, -0.25) is 0 Å². The number of anilines is 1. The van der Waals surface area contributed by atoms with E-state index in [1.54, 1.807) is 19.1 Å². The molecular formula is C11H16FNO. The van der Waals surface area contributed by atoms with Crippen LogP contribution in [0.25, 0.3) is 0 Å². The fraction of sp³-hybridized carbons (Fsp3) is 0.455. The van der Waals surface area contributed by atoms with E-state index in [4.69, 9.17) is 0 Å². The first kappa shape index (κ1) is 11.0. The van der Waals surface area contributed by atoms with E-state index in [0.29, 0.717) is 11.6 Å². The largest absolute Gasteiger partial charge is 0.389 e. The summed E-state index contributed by atoms with van der Waals surface area (Å²) in [4.78, 5) is 0. The third kappa shape index (κ3) is 2.70. The van der Waals surface area contributed by atoms with E-state index >= 15 is 0 Å². The van der Waals surface area contributed by atoms with Gasteiger partial charge in [-0.25, -0.2) is 4.39 Å². The third-order valence-electron chi connectivity index (χ3n) is 1.90. The van der Waals surface area contributed by atoms with E-state index in [-0.39, 0.29) is 5.82 Å². The average molecular weight is 197 g/mol. The molecule has 1 aromatic carbocycles. The molecule has 3 heteroatoms. The minimum Gasteiger partial charge on any atom is -0.389 e. The van der Waals surface area contributed by atoms with Gasteiger partial charge < -0.3 is 10.4 Å². The van der Waals surface area contributed by atoms with Crippen LogP contribution in [0.4, 0.5) is 10.1 Å². The fourth-order valence-corrected chi connectivity index (χ4v) is 1.29. The molecule has 0 amide bonds. The molecule has 0 radical (unpaired) electrons. The van der Waals surface area contributed by atoms with Gasteiger partial charge in [0.05, 0.1) is 6.10 Å². The summed E-state index contributed by atoms with van der Waals surface area (Å²) in [6.45, 7) is 5.56. The predicted molar refractivity (Wildman–Crippen MR) is 55.8 cm³/mol. The van der Waals surface area contributed by atoms with Gasteiger partial charge in [-0.05, 0) is 39.0 Å². The summed E-state index contributed by atoms with van der Waals surface area (Å²) in [5, 5.41) is 12.4. The van der Waals surface area contributed by atoms with Crippen molar-refractivity contribution in [1.29, 1.82) is 0 Å². The SMILES string of the molecule is CC(C)Nc1ccc(F)c(C(C)O)c1. The van der Waals surface area contributed by atoms with Crippen LogP contribution in [0.15, 0.2) is 18.2 Å². The number of aliphatic hydroxyl groups is 1. The monoisotopic (exact) mass is 197 g/mol. The lowest BCUT2D eigenvalue weighted by molar-refractivity contribution is 0.194. The second-order valence-corrected chi connectivity index (χ2v) is 3.71. The molecule has 1 aromatic rings. The molecule has 0 aliphatic heterocycles. The van der Waals surface area contributed by atoms with E-state index in [1.807, 2.05) is 13.8 Å². The molecule has 0 aliphatic carbocycles. The van der Waals surface area contributed by atoms with Crippen molar-refractivity contribution in [2.45, 2.75) is 32.9 Å². The molecule has 0 saturated carbocycles. The van der Waals surface area contributed by atoms with Crippen molar-refractivity contribution >= 4 is 5.69 Å². The lowest BCUT2D eigenvalue weighted by atomic mass is 10.1. The van der Waals surface area contributed by atoms with Gasteiger partial charge in [-0.15, -0.1) is 0 Å². The molecule has 1 unspecified atom stereocenters. The smallest absolute Gasteiger partial charge is 0.129 e. The van der Waals surface area contributed by atoms with Gasteiger partial charge in [0.15, 0.2) is 0 Å². The first-order valence-corrected chi connectivity index (χ1v) is 4.74. The van der Waals surface area contributed by atoms with Crippen LogP contribution >= 0.6 is 0 Å². The maximum absolute atomic E-state index is 13.2. The van der Waals surface area contributed by atoms with E-state index in [0.717, 1.165) is 5.69 Å². The number of rotatable bonds is 3. The van der Waals surface area contributed by atoms with Crippen molar-refractivity contribution in [3.63, 3.8) is 0 Å². The first-order valence-electron chi connectivity index (χ1n) is 4.74. The topological polar surface area (TPSA) is 32.3 Å². The van der Waals surface area contributed by atoms with Gasteiger partial charge in [0, 0.05) is 17.3 Å². The summed E-state index contributed by atoms with van der Waals surface area (Å²) >= 11 is 0. The lowest BCUT2D eigenvalue weighted by Crippen LogP contribution is -2.10. The Balaban J connectivity index is 2.94. The highest BCUT2D eigenvalue weighted by molar-refractivity contribution is 5.47. The Morgan fingerprint density at radius 1 is 1.29 bits per heavy atom. The lowest BCUT2D eigenvalue weighted by Gasteiger charge is -2.13. The van der Waals surface area contributed by atoms with Crippen LogP contribution in [-0.4, -0.2) is 11.1 Å². The minimum absolute atomic E-state index is 0.294. The standard InChI is InChI=1S/C11H16FNO/c1-7(2)13-9-4-5-11(12)10(6-9)8(3)14/h4-8,13-14H,1-3H3. The second-order valence-electron chi connectivity index (χ2n) is 3.71. The summed E-state index contributed by atoms with van der Waals surface area (Å²) < 4.78 is 13.2. The number of nitrogens with one attached hydrogen (secondary N) is 1. The normalized spacial score (nSPS) is 13.0. The molecule has 0 aliphatic rings. The molecule has 1 atom stereocenters. The van der Waals surface area contributed by atoms with Crippen molar-refractivity contribution in [3.8, 4) is 0 Å². The Morgan fingerprint density at radius 3 is 2.43 bits per heavy atom. The van der Waals surface area contributed by atoms with E-state index < -0.39 is 6.10 Å². The average Bonchev–Trinajstić information content (AvgIpc) is 2.07. The van der Waals surface area contributed by atoms with Crippen LogP contribution in [-0.2, 0) is 0 Å². The molecule has 1 rings (SSSR count). The molecule has 0 fully saturated rings. The van der Waals surface area contributed by atoms with Gasteiger partial charge in [-0.1, -0.05) is 0 Å². The highest BCUT2D eigenvalue weighted by atomic mass is 19.1. The van der Waals surface area contributed by atoms with E-state index in [2.05, 4.69) is 5.32 Å². The first-order chi connectivity index (χ1) is 6.50. The molecule has 0 spiro atoms. The third-order valence-corrected chi connectivity index (χ3v) is 1.90. The molecule has 0 bridgehead atoms. The van der Waals surface area contributed by atoms with Gasteiger partial charge in [0.25, 0.3) is 0 Å². The quantitative estimate of drug-likeness (QED) is 0.780. The van der Waals surface area contributed by atoms with Crippen LogP contribution in [0.2, 0.25) is 0 Å². The molecule has 14 heavy (non-hydrogen) atoms. The maximum atomic E-state index is 13.2. The highest BCUT2D eigenvalue weighted by Crippen LogP contribution is 2.21. The van der Waals surface area contributed by atoms with Gasteiger partial charge >= 0.3 is 0 Å². The number of hydrogen-bond donors (Lipinski definition) is 2. The summed E-state index contributed by atoms with van der Waals surface area (Å²) in [7, 11) is 0. The van der Waals surface area contributed by atoms with Crippen LogP contribution in [0, 0.1) is 5.82 Å². The molecule has 0 heterocycles. The highest BCUT2D eigenvalue weighted by Gasteiger charge is 2.08. The number of halogens is 1. The van der Waals surface area contributed by atoms with E-state index in [9.17, 15) is 9.50 Å². The van der Waals surface area contributed by atoms with Crippen molar-refractivity contribution in [3.05, 3.63) is 29.6 Å². The Labute approximate surface area is 83.8 Å². The van der Waals surface area contributed by atoms with Gasteiger partial charge in [0.2, 0.25) is 0 Å². The molecule has 78 valence electrons. The van der Waals surface area contributed by atoms with Crippen LogP contribution in [0.1, 0.15) is 32.4 Å². The number of benzene rings is 1. The number of hydrogen-bond acceptors (Lipinski definition) is 2. The summed E-state index contributed by atoms with van der Waals surface area (Å²) in [5.41, 5.74) is 1.16. The van der Waals surface area contributed by atoms with Crippen molar-refractivity contribution in [2.75, 3.05) is 5.32 Å². The molecule has 2 nitrogen and oxygen atoms in total. The predicted octanol–water partition coefficient (Wildman–Crippen LogP) is 2.70. The summed E-state index contributed by atoms with van der Waals surface area (Å²) in [5.74, 6) is -0.366. The van der Waals surface area contributed by atoms with Crippen LogP contribution < -0.4 is 5.32 Å². The summed E-state index contributed by atoms with van der Waals surface area (Å²) in [6.07, 6.45) is -0.774. The summed E-state index contributed by atoms with van der Waals surface area (Å²) in [6, 6.07) is 4.97. The Kier molecular flexibility index (Phi) is 3.47. The molecule has 0 aromatic heterocycles.